The van der Waals surface area contributed by atoms with Gasteiger partial charge in [-0.3, -0.25) is 0 Å². The van der Waals surface area contributed by atoms with E-state index in [1.807, 2.05) is 0 Å². The zero-order valence-corrected chi connectivity index (χ0v) is 9.91. The van der Waals surface area contributed by atoms with E-state index in [0.29, 0.717) is 6.61 Å². The molecule has 0 aromatic heterocycles. The summed E-state index contributed by atoms with van der Waals surface area (Å²) in [6, 6.07) is 8.27. The van der Waals surface area contributed by atoms with Crippen LogP contribution in [0.15, 0.2) is 24.3 Å². The summed E-state index contributed by atoms with van der Waals surface area (Å²) < 4.78 is 5.02. The van der Waals surface area contributed by atoms with Crippen LogP contribution in [-0.2, 0) is 4.74 Å². The fourth-order valence-corrected chi connectivity index (χ4v) is 1.98. The second-order valence-corrected chi connectivity index (χ2v) is 5.05. The van der Waals surface area contributed by atoms with Crippen molar-refractivity contribution in [3.63, 3.8) is 0 Å². The van der Waals surface area contributed by atoms with Gasteiger partial charge in [0.25, 0.3) is 0 Å². The van der Waals surface area contributed by atoms with Crippen molar-refractivity contribution in [2.45, 2.75) is 26.8 Å². The summed E-state index contributed by atoms with van der Waals surface area (Å²) in [6.45, 7) is 6.70. The molecule has 0 saturated carbocycles. The van der Waals surface area contributed by atoms with Gasteiger partial charge in [-0.25, -0.2) is 4.79 Å². The van der Waals surface area contributed by atoms with Gasteiger partial charge in [-0.2, -0.15) is 0 Å². The van der Waals surface area contributed by atoms with Crippen LogP contribution in [0.4, 0.5) is 4.79 Å². The van der Waals surface area contributed by atoms with Gasteiger partial charge in [0, 0.05) is 5.41 Å². The van der Waals surface area contributed by atoms with Gasteiger partial charge in [-0.15, -0.1) is 0 Å². The Balaban J connectivity index is 2.30. The maximum atomic E-state index is 11.3. The third-order valence-electron chi connectivity index (χ3n) is 3.03. The van der Waals surface area contributed by atoms with Gasteiger partial charge in [0.2, 0.25) is 0 Å². The highest BCUT2D eigenvalue weighted by Gasteiger charge is 2.37. The lowest BCUT2D eigenvalue weighted by Crippen LogP contribution is -2.46. The Morgan fingerprint density at radius 1 is 1.31 bits per heavy atom. The first-order valence-electron chi connectivity index (χ1n) is 5.49. The monoisotopic (exact) mass is 219 g/mol. The van der Waals surface area contributed by atoms with Crippen LogP contribution in [0.2, 0.25) is 0 Å². The summed E-state index contributed by atoms with van der Waals surface area (Å²) in [5.74, 6) is 0. The second-order valence-electron chi connectivity index (χ2n) is 5.05. The molecule has 0 unspecified atom stereocenters. The molecule has 3 heteroatoms. The number of nitrogens with one attached hydrogen (secondary N) is 1. The van der Waals surface area contributed by atoms with E-state index in [2.05, 4.69) is 50.4 Å². The largest absolute Gasteiger partial charge is 0.449 e. The van der Waals surface area contributed by atoms with E-state index in [0.717, 1.165) is 5.56 Å². The highest BCUT2D eigenvalue weighted by Crippen LogP contribution is 2.36. The van der Waals surface area contributed by atoms with E-state index in [1.54, 1.807) is 0 Å². The first-order valence-corrected chi connectivity index (χ1v) is 5.49. The first kappa shape index (κ1) is 11.0. The number of carbonyl (C=O) groups is 1. The molecule has 16 heavy (non-hydrogen) atoms. The zero-order chi connectivity index (χ0) is 11.8. The molecule has 86 valence electrons. The average Bonchev–Trinajstić information content (AvgIpc) is 2.23. The standard InChI is InChI=1S/C13H17NO2/c1-9-4-6-10(7-5-9)11-13(2,3)8-16-12(15)14-11/h4-7,11H,8H2,1-3H3,(H,14,15)/t11-/m0/s1. The Hall–Kier alpha value is -1.51. The third-order valence-corrected chi connectivity index (χ3v) is 3.03. The molecule has 2 rings (SSSR count). The van der Waals surface area contributed by atoms with Crippen LogP contribution in [0.3, 0.4) is 0 Å². The zero-order valence-electron chi connectivity index (χ0n) is 9.91. The lowest BCUT2D eigenvalue weighted by atomic mass is 9.80. The number of hydrogen-bond acceptors (Lipinski definition) is 2. The molecule has 0 radical (unpaired) electrons. The van der Waals surface area contributed by atoms with Gasteiger partial charge in [-0.1, -0.05) is 43.7 Å². The SMILES string of the molecule is Cc1ccc([C@@H]2NC(=O)OCC2(C)C)cc1. The van der Waals surface area contributed by atoms with Crippen molar-refractivity contribution in [3.8, 4) is 0 Å². The Labute approximate surface area is 95.8 Å². The number of benzene rings is 1. The van der Waals surface area contributed by atoms with Crippen molar-refractivity contribution in [2.75, 3.05) is 6.61 Å². The topological polar surface area (TPSA) is 38.3 Å². The van der Waals surface area contributed by atoms with Crippen LogP contribution < -0.4 is 5.32 Å². The molecule has 1 N–H and O–H groups in total. The molecule has 1 aliphatic rings. The molecule has 1 aromatic carbocycles. The summed E-state index contributed by atoms with van der Waals surface area (Å²) in [7, 11) is 0. The molecule has 0 aliphatic carbocycles. The fourth-order valence-electron chi connectivity index (χ4n) is 1.98. The first-order chi connectivity index (χ1) is 7.49. The van der Waals surface area contributed by atoms with Gasteiger partial charge < -0.3 is 10.1 Å². The fraction of sp³-hybridized carbons (Fsp3) is 0.462. The number of ether oxygens (including phenoxy) is 1. The van der Waals surface area contributed by atoms with E-state index in [1.165, 1.54) is 5.56 Å². The summed E-state index contributed by atoms with van der Waals surface area (Å²) in [6.07, 6.45) is -0.329. The van der Waals surface area contributed by atoms with Crippen LogP contribution in [0, 0.1) is 12.3 Å². The number of carbonyl (C=O) groups excluding carboxylic acids is 1. The van der Waals surface area contributed by atoms with Gasteiger partial charge >= 0.3 is 6.09 Å². The molecule has 3 nitrogen and oxygen atoms in total. The summed E-state index contributed by atoms with van der Waals surface area (Å²) in [5.41, 5.74) is 2.27. The predicted octanol–water partition coefficient (Wildman–Crippen LogP) is 2.80. The molecule has 0 spiro atoms. The molecule has 1 saturated heterocycles. The maximum absolute atomic E-state index is 11.3. The lowest BCUT2D eigenvalue weighted by molar-refractivity contribution is 0.0387. The van der Waals surface area contributed by atoms with Crippen molar-refractivity contribution >= 4 is 6.09 Å². The van der Waals surface area contributed by atoms with Crippen molar-refractivity contribution in [3.05, 3.63) is 35.4 Å². The lowest BCUT2D eigenvalue weighted by Gasteiger charge is -2.38. The van der Waals surface area contributed by atoms with E-state index in [9.17, 15) is 4.79 Å². The van der Waals surface area contributed by atoms with Crippen LogP contribution in [0.25, 0.3) is 0 Å². The van der Waals surface area contributed by atoms with E-state index in [-0.39, 0.29) is 17.6 Å². The highest BCUT2D eigenvalue weighted by molar-refractivity contribution is 5.69. The van der Waals surface area contributed by atoms with E-state index in [4.69, 9.17) is 4.74 Å². The molecular weight excluding hydrogens is 202 g/mol. The van der Waals surface area contributed by atoms with Gasteiger partial charge in [0.15, 0.2) is 0 Å². The number of alkyl carbamates (subject to hydrolysis) is 1. The van der Waals surface area contributed by atoms with Gasteiger partial charge in [0.1, 0.15) is 6.61 Å². The number of cyclic esters (lactones) is 1. The van der Waals surface area contributed by atoms with Crippen molar-refractivity contribution in [2.24, 2.45) is 5.41 Å². The molecule has 1 heterocycles. The molecular formula is C13H17NO2. The maximum Gasteiger partial charge on any atom is 0.407 e. The minimum absolute atomic E-state index is 0.0225. The minimum Gasteiger partial charge on any atom is -0.449 e. The third kappa shape index (κ3) is 2.03. The Bertz CT molecular complexity index is 395. The average molecular weight is 219 g/mol. The van der Waals surface area contributed by atoms with E-state index >= 15 is 0 Å². The number of amides is 1. The number of aryl methyl sites for hydroxylation is 1. The predicted molar refractivity (Wildman–Crippen MR) is 62.2 cm³/mol. The number of rotatable bonds is 1. The number of hydrogen-bond donors (Lipinski definition) is 1. The molecule has 1 aliphatic heterocycles. The summed E-state index contributed by atoms with van der Waals surface area (Å²) in [5, 5.41) is 2.88. The molecule has 1 amide bonds. The second kappa shape index (κ2) is 3.81. The van der Waals surface area contributed by atoms with Crippen molar-refractivity contribution < 1.29 is 9.53 Å². The Morgan fingerprint density at radius 3 is 2.56 bits per heavy atom. The van der Waals surface area contributed by atoms with Crippen LogP contribution in [0.1, 0.15) is 31.0 Å². The van der Waals surface area contributed by atoms with Crippen LogP contribution >= 0.6 is 0 Å². The quantitative estimate of drug-likeness (QED) is 0.788. The van der Waals surface area contributed by atoms with Crippen molar-refractivity contribution in [1.29, 1.82) is 0 Å². The minimum atomic E-state index is -0.329. The molecule has 0 bridgehead atoms. The Morgan fingerprint density at radius 2 is 1.94 bits per heavy atom. The smallest absolute Gasteiger partial charge is 0.407 e. The molecule has 1 atom stereocenters. The van der Waals surface area contributed by atoms with Gasteiger partial charge in [-0.05, 0) is 12.5 Å². The summed E-state index contributed by atoms with van der Waals surface area (Å²) in [4.78, 5) is 11.3. The van der Waals surface area contributed by atoms with Crippen molar-refractivity contribution in [1.82, 2.24) is 5.32 Å². The molecule has 1 aromatic rings. The normalized spacial score (nSPS) is 23.4. The summed E-state index contributed by atoms with van der Waals surface area (Å²) >= 11 is 0. The highest BCUT2D eigenvalue weighted by atomic mass is 16.6. The van der Waals surface area contributed by atoms with E-state index < -0.39 is 0 Å². The Kier molecular flexibility index (Phi) is 2.62. The van der Waals surface area contributed by atoms with Gasteiger partial charge in [0.05, 0.1) is 6.04 Å². The molecule has 1 fully saturated rings. The van der Waals surface area contributed by atoms with Crippen LogP contribution in [-0.4, -0.2) is 12.7 Å². The van der Waals surface area contributed by atoms with Crippen LogP contribution in [0.5, 0.6) is 0 Å².